The van der Waals surface area contributed by atoms with Crippen LogP contribution in [0.3, 0.4) is 0 Å². The Morgan fingerprint density at radius 3 is 2.35 bits per heavy atom. The number of rotatable bonds is 4. The van der Waals surface area contributed by atoms with Gasteiger partial charge in [0.2, 0.25) is 0 Å². The Labute approximate surface area is 121 Å². The average molecular weight is 259 g/mol. The zero-order chi connectivity index (χ0) is 13.8. The summed E-state index contributed by atoms with van der Waals surface area (Å²) in [6.45, 7) is 2.23. The molecule has 0 aromatic heterocycles. The van der Waals surface area contributed by atoms with E-state index in [9.17, 15) is 0 Å². The van der Waals surface area contributed by atoms with Crippen molar-refractivity contribution in [1.29, 1.82) is 0 Å². The Morgan fingerprint density at radius 1 is 0.800 bits per heavy atom. The van der Waals surface area contributed by atoms with Crippen molar-refractivity contribution in [2.24, 2.45) is 0 Å². The molecule has 0 spiro atoms. The van der Waals surface area contributed by atoms with Crippen molar-refractivity contribution in [1.82, 2.24) is 0 Å². The SMILES string of the molecule is CCC[CH]c1c(-c2ccccc2)ccc2ccccc12. The lowest BCUT2D eigenvalue weighted by atomic mass is 9.91. The van der Waals surface area contributed by atoms with Crippen LogP contribution in [-0.4, -0.2) is 0 Å². The van der Waals surface area contributed by atoms with Crippen LogP contribution in [0.15, 0.2) is 66.7 Å². The van der Waals surface area contributed by atoms with Gasteiger partial charge in [0, 0.05) is 0 Å². The Bertz CT molecular complexity index is 696. The van der Waals surface area contributed by atoms with E-state index >= 15 is 0 Å². The molecule has 99 valence electrons. The molecule has 1 radical (unpaired) electrons. The van der Waals surface area contributed by atoms with E-state index in [2.05, 4.69) is 80.1 Å². The van der Waals surface area contributed by atoms with Gasteiger partial charge in [0.15, 0.2) is 0 Å². The second kappa shape index (κ2) is 5.92. The summed E-state index contributed by atoms with van der Waals surface area (Å²) in [6, 6.07) is 23.8. The summed E-state index contributed by atoms with van der Waals surface area (Å²) >= 11 is 0. The van der Waals surface area contributed by atoms with E-state index in [1.54, 1.807) is 0 Å². The highest BCUT2D eigenvalue weighted by atomic mass is 14.1. The van der Waals surface area contributed by atoms with Crippen LogP contribution in [0.4, 0.5) is 0 Å². The molecule has 0 atom stereocenters. The van der Waals surface area contributed by atoms with Gasteiger partial charge in [-0.15, -0.1) is 0 Å². The molecular formula is C20H19. The first kappa shape index (κ1) is 12.9. The second-order valence-electron chi connectivity index (χ2n) is 5.11. The molecule has 0 fully saturated rings. The van der Waals surface area contributed by atoms with Crippen LogP contribution < -0.4 is 0 Å². The first-order chi connectivity index (χ1) is 9.90. The van der Waals surface area contributed by atoms with Gasteiger partial charge in [0.1, 0.15) is 0 Å². The predicted molar refractivity (Wildman–Crippen MR) is 87.7 cm³/mol. The lowest BCUT2D eigenvalue weighted by molar-refractivity contribution is 0.916. The average Bonchev–Trinajstić information content (AvgIpc) is 2.53. The lowest BCUT2D eigenvalue weighted by Gasteiger charge is -2.13. The molecule has 3 aromatic rings. The highest BCUT2D eigenvalue weighted by molar-refractivity contribution is 5.93. The fourth-order valence-corrected chi connectivity index (χ4v) is 2.67. The second-order valence-corrected chi connectivity index (χ2v) is 5.11. The molecule has 0 N–H and O–H groups in total. The molecule has 0 heteroatoms. The summed E-state index contributed by atoms with van der Waals surface area (Å²) in [5.74, 6) is 0. The maximum absolute atomic E-state index is 2.38. The van der Waals surface area contributed by atoms with Crippen LogP contribution in [0.2, 0.25) is 0 Å². The van der Waals surface area contributed by atoms with Gasteiger partial charge < -0.3 is 0 Å². The lowest BCUT2D eigenvalue weighted by Crippen LogP contribution is -1.91. The largest absolute Gasteiger partial charge is 0.0654 e. The van der Waals surface area contributed by atoms with Crippen LogP contribution in [0, 0.1) is 6.42 Å². The quantitative estimate of drug-likeness (QED) is 0.550. The van der Waals surface area contributed by atoms with Crippen LogP contribution in [0.1, 0.15) is 25.3 Å². The van der Waals surface area contributed by atoms with E-state index in [1.165, 1.54) is 33.9 Å². The molecule has 0 heterocycles. The Hall–Kier alpha value is -2.08. The van der Waals surface area contributed by atoms with Crippen molar-refractivity contribution in [2.75, 3.05) is 0 Å². The minimum absolute atomic E-state index is 1.12. The van der Waals surface area contributed by atoms with Crippen molar-refractivity contribution in [2.45, 2.75) is 19.8 Å². The van der Waals surface area contributed by atoms with Crippen molar-refractivity contribution < 1.29 is 0 Å². The smallest absolute Gasteiger partial charge is 0.00804 e. The maximum atomic E-state index is 2.38. The summed E-state index contributed by atoms with van der Waals surface area (Å²) in [5.41, 5.74) is 3.99. The van der Waals surface area contributed by atoms with Crippen LogP contribution >= 0.6 is 0 Å². The predicted octanol–water partition coefficient (Wildman–Crippen LogP) is 5.86. The van der Waals surface area contributed by atoms with Crippen molar-refractivity contribution in [3.8, 4) is 11.1 Å². The van der Waals surface area contributed by atoms with Gasteiger partial charge in [-0.05, 0) is 40.3 Å². The van der Waals surface area contributed by atoms with Gasteiger partial charge in [-0.1, -0.05) is 80.1 Å². The van der Waals surface area contributed by atoms with Crippen LogP contribution in [0.5, 0.6) is 0 Å². The normalized spacial score (nSPS) is 10.8. The molecule has 20 heavy (non-hydrogen) atoms. The van der Waals surface area contributed by atoms with Gasteiger partial charge in [0.25, 0.3) is 0 Å². The van der Waals surface area contributed by atoms with Crippen molar-refractivity contribution in [3.05, 3.63) is 78.7 Å². The highest BCUT2D eigenvalue weighted by Crippen LogP contribution is 2.32. The molecule has 0 unspecified atom stereocenters. The van der Waals surface area contributed by atoms with E-state index in [0.717, 1.165) is 6.42 Å². The molecule has 0 bridgehead atoms. The summed E-state index contributed by atoms with van der Waals surface area (Å²) in [4.78, 5) is 0. The van der Waals surface area contributed by atoms with Gasteiger partial charge in [-0.25, -0.2) is 0 Å². The number of hydrogen-bond donors (Lipinski definition) is 0. The number of hydrogen-bond acceptors (Lipinski definition) is 0. The van der Waals surface area contributed by atoms with E-state index in [0.29, 0.717) is 0 Å². The molecule has 0 aliphatic carbocycles. The number of benzene rings is 3. The molecule has 0 saturated heterocycles. The Morgan fingerprint density at radius 2 is 1.55 bits per heavy atom. The number of fused-ring (bicyclic) bond motifs is 1. The molecular weight excluding hydrogens is 240 g/mol. The Balaban J connectivity index is 2.20. The van der Waals surface area contributed by atoms with Crippen molar-refractivity contribution in [3.63, 3.8) is 0 Å². The molecule has 0 aliphatic rings. The summed E-state index contributed by atoms with van der Waals surface area (Å²) in [5, 5.41) is 2.66. The summed E-state index contributed by atoms with van der Waals surface area (Å²) < 4.78 is 0. The molecule has 0 amide bonds. The highest BCUT2D eigenvalue weighted by Gasteiger charge is 2.08. The van der Waals surface area contributed by atoms with E-state index < -0.39 is 0 Å². The zero-order valence-corrected chi connectivity index (χ0v) is 11.8. The number of unbranched alkanes of at least 4 members (excludes halogenated alkanes) is 1. The van der Waals surface area contributed by atoms with Gasteiger partial charge in [-0.2, -0.15) is 0 Å². The molecule has 3 rings (SSSR count). The molecule has 0 nitrogen and oxygen atoms in total. The van der Waals surface area contributed by atoms with Crippen LogP contribution in [0.25, 0.3) is 21.9 Å². The van der Waals surface area contributed by atoms with Gasteiger partial charge in [0.05, 0.1) is 0 Å². The minimum atomic E-state index is 1.12. The standard InChI is InChI=1S/C20H19/c1-2-3-12-20-18-13-8-7-11-17(18)14-15-19(20)16-9-5-4-6-10-16/h4-15H,2-3H2,1H3. The zero-order valence-electron chi connectivity index (χ0n) is 11.8. The van der Waals surface area contributed by atoms with E-state index in [4.69, 9.17) is 0 Å². The molecule has 0 saturated carbocycles. The van der Waals surface area contributed by atoms with Crippen LogP contribution in [-0.2, 0) is 0 Å². The molecule has 0 aliphatic heterocycles. The van der Waals surface area contributed by atoms with Crippen molar-refractivity contribution >= 4 is 10.8 Å². The summed E-state index contributed by atoms with van der Waals surface area (Å²) in [6.07, 6.45) is 4.68. The topological polar surface area (TPSA) is 0 Å². The van der Waals surface area contributed by atoms with Gasteiger partial charge in [-0.3, -0.25) is 0 Å². The third-order valence-electron chi connectivity index (χ3n) is 3.69. The van der Waals surface area contributed by atoms with Gasteiger partial charge >= 0.3 is 0 Å². The fraction of sp³-hybridized carbons (Fsp3) is 0.150. The third-order valence-corrected chi connectivity index (χ3v) is 3.69. The first-order valence-corrected chi connectivity index (χ1v) is 7.30. The molecule has 3 aromatic carbocycles. The summed E-state index contributed by atoms with van der Waals surface area (Å²) in [7, 11) is 0. The van der Waals surface area contributed by atoms with E-state index in [-0.39, 0.29) is 0 Å². The van der Waals surface area contributed by atoms with E-state index in [1.807, 2.05) is 0 Å². The maximum Gasteiger partial charge on any atom is -0.00804 e. The Kier molecular flexibility index (Phi) is 3.83. The monoisotopic (exact) mass is 259 g/mol. The minimum Gasteiger partial charge on any atom is -0.0654 e. The third kappa shape index (κ3) is 2.46. The fourth-order valence-electron chi connectivity index (χ4n) is 2.67. The first-order valence-electron chi connectivity index (χ1n) is 7.30.